The molecule has 1 aliphatic heterocycles. The Balaban J connectivity index is 2.23. The van der Waals surface area contributed by atoms with E-state index in [0.717, 1.165) is 13.1 Å². The predicted octanol–water partition coefficient (Wildman–Crippen LogP) is 0.405. The summed E-state index contributed by atoms with van der Waals surface area (Å²) in [4.78, 5) is 7.32. The van der Waals surface area contributed by atoms with E-state index in [0.29, 0.717) is 5.92 Å². The number of H-pyrrole nitrogens is 1. The molecule has 1 saturated heterocycles. The number of aromatic amines is 1. The summed E-state index contributed by atoms with van der Waals surface area (Å²) in [5, 5.41) is 3.22. The molecule has 2 N–H and O–H groups in total. The van der Waals surface area contributed by atoms with Crippen molar-refractivity contribution in [2.75, 3.05) is 13.1 Å². The fourth-order valence-electron chi connectivity index (χ4n) is 1.26. The number of hydrogen-bond acceptors (Lipinski definition) is 2. The Morgan fingerprint density at radius 1 is 1.60 bits per heavy atom. The quantitative estimate of drug-likeness (QED) is 0.588. The summed E-state index contributed by atoms with van der Waals surface area (Å²) in [5.41, 5.74) is 2.45. The SMILES string of the molecule is Cc1[nH]cnc1C1CNC1. The van der Waals surface area contributed by atoms with Gasteiger partial charge < -0.3 is 10.3 Å². The third kappa shape index (κ3) is 0.743. The van der Waals surface area contributed by atoms with Crippen molar-refractivity contribution in [3.05, 3.63) is 17.7 Å². The molecule has 2 rings (SSSR count). The van der Waals surface area contributed by atoms with Gasteiger partial charge in [0.15, 0.2) is 0 Å². The molecule has 0 aromatic carbocycles. The highest BCUT2D eigenvalue weighted by atomic mass is 15.0. The number of aryl methyl sites for hydroxylation is 1. The molecule has 10 heavy (non-hydrogen) atoms. The normalized spacial score (nSPS) is 18.9. The van der Waals surface area contributed by atoms with E-state index in [1.165, 1.54) is 11.4 Å². The molecular formula is C7H11N3. The summed E-state index contributed by atoms with van der Waals surface area (Å²) in [7, 11) is 0. The predicted molar refractivity (Wildman–Crippen MR) is 38.9 cm³/mol. The Bertz CT molecular complexity index is 225. The smallest absolute Gasteiger partial charge is 0.0925 e. The Morgan fingerprint density at radius 3 is 2.80 bits per heavy atom. The second kappa shape index (κ2) is 2.09. The number of rotatable bonds is 1. The van der Waals surface area contributed by atoms with Crippen LogP contribution in [-0.4, -0.2) is 23.1 Å². The van der Waals surface area contributed by atoms with Crippen molar-refractivity contribution in [2.24, 2.45) is 0 Å². The molecule has 1 aromatic heterocycles. The van der Waals surface area contributed by atoms with Crippen molar-refractivity contribution >= 4 is 0 Å². The molecule has 0 saturated carbocycles. The average Bonchev–Trinajstić information content (AvgIpc) is 2.12. The summed E-state index contributed by atoms with van der Waals surface area (Å²) in [6.45, 7) is 4.25. The van der Waals surface area contributed by atoms with Crippen LogP contribution >= 0.6 is 0 Å². The maximum absolute atomic E-state index is 4.24. The zero-order valence-electron chi connectivity index (χ0n) is 6.02. The molecule has 0 aliphatic carbocycles. The van der Waals surface area contributed by atoms with E-state index in [9.17, 15) is 0 Å². The van der Waals surface area contributed by atoms with Gasteiger partial charge >= 0.3 is 0 Å². The van der Waals surface area contributed by atoms with Gasteiger partial charge in [-0.3, -0.25) is 0 Å². The van der Waals surface area contributed by atoms with Crippen LogP contribution in [0.15, 0.2) is 6.33 Å². The number of aromatic nitrogens is 2. The maximum atomic E-state index is 4.24. The summed E-state index contributed by atoms with van der Waals surface area (Å²) in [6.07, 6.45) is 1.77. The first kappa shape index (κ1) is 5.92. The van der Waals surface area contributed by atoms with Crippen LogP contribution in [-0.2, 0) is 0 Å². The average molecular weight is 137 g/mol. The Morgan fingerprint density at radius 2 is 2.40 bits per heavy atom. The molecule has 0 unspecified atom stereocenters. The van der Waals surface area contributed by atoms with Gasteiger partial charge in [-0.25, -0.2) is 4.98 Å². The number of nitrogens with one attached hydrogen (secondary N) is 2. The molecule has 0 radical (unpaired) electrons. The van der Waals surface area contributed by atoms with Gasteiger partial charge in [0.1, 0.15) is 0 Å². The third-order valence-electron chi connectivity index (χ3n) is 2.04. The molecule has 0 spiro atoms. The molecule has 3 heteroatoms. The zero-order valence-corrected chi connectivity index (χ0v) is 6.02. The van der Waals surface area contributed by atoms with Crippen LogP contribution in [0.25, 0.3) is 0 Å². The lowest BCUT2D eigenvalue weighted by atomic mass is 9.98. The van der Waals surface area contributed by atoms with E-state index in [4.69, 9.17) is 0 Å². The molecule has 54 valence electrons. The fraction of sp³-hybridized carbons (Fsp3) is 0.571. The highest BCUT2D eigenvalue weighted by Crippen LogP contribution is 2.19. The number of imidazole rings is 1. The lowest BCUT2D eigenvalue weighted by molar-refractivity contribution is 0.439. The van der Waals surface area contributed by atoms with E-state index in [2.05, 4.69) is 22.2 Å². The molecule has 2 heterocycles. The lowest BCUT2D eigenvalue weighted by Gasteiger charge is -2.25. The number of hydrogen-bond donors (Lipinski definition) is 2. The van der Waals surface area contributed by atoms with E-state index in [1.54, 1.807) is 6.33 Å². The van der Waals surface area contributed by atoms with Crippen molar-refractivity contribution in [1.29, 1.82) is 0 Å². The second-order valence-electron chi connectivity index (χ2n) is 2.77. The van der Waals surface area contributed by atoms with Crippen molar-refractivity contribution < 1.29 is 0 Å². The standard InChI is InChI=1S/C7H11N3/c1-5-7(10-4-9-5)6-2-8-3-6/h4,6,8H,2-3H2,1H3,(H,9,10). The Kier molecular flexibility index (Phi) is 1.24. The van der Waals surface area contributed by atoms with Gasteiger partial charge in [-0.15, -0.1) is 0 Å². The van der Waals surface area contributed by atoms with Crippen molar-refractivity contribution in [3.63, 3.8) is 0 Å². The number of nitrogens with zero attached hydrogens (tertiary/aromatic N) is 1. The van der Waals surface area contributed by atoms with Crippen LogP contribution in [0.5, 0.6) is 0 Å². The van der Waals surface area contributed by atoms with Crippen LogP contribution in [0.1, 0.15) is 17.3 Å². The first-order valence-electron chi connectivity index (χ1n) is 3.58. The molecule has 3 nitrogen and oxygen atoms in total. The lowest BCUT2D eigenvalue weighted by Crippen LogP contribution is -2.40. The molecule has 1 aliphatic rings. The monoisotopic (exact) mass is 137 g/mol. The van der Waals surface area contributed by atoms with E-state index >= 15 is 0 Å². The summed E-state index contributed by atoms with van der Waals surface area (Å²) >= 11 is 0. The van der Waals surface area contributed by atoms with Crippen LogP contribution in [0.3, 0.4) is 0 Å². The molecular weight excluding hydrogens is 126 g/mol. The van der Waals surface area contributed by atoms with Crippen LogP contribution in [0.2, 0.25) is 0 Å². The van der Waals surface area contributed by atoms with Gasteiger partial charge in [0.25, 0.3) is 0 Å². The van der Waals surface area contributed by atoms with Crippen LogP contribution in [0, 0.1) is 6.92 Å². The topological polar surface area (TPSA) is 40.7 Å². The largest absolute Gasteiger partial charge is 0.348 e. The van der Waals surface area contributed by atoms with Crippen molar-refractivity contribution in [1.82, 2.24) is 15.3 Å². The van der Waals surface area contributed by atoms with Crippen LogP contribution in [0.4, 0.5) is 0 Å². The Hall–Kier alpha value is -0.830. The van der Waals surface area contributed by atoms with E-state index in [-0.39, 0.29) is 0 Å². The van der Waals surface area contributed by atoms with Crippen molar-refractivity contribution in [2.45, 2.75) is 12.8 Å². The maximum Gasteiger partial charge on any atom is 0.0925 e. The molecule has 1 fully saturated rings. The van der Waals surface area contributed by atoms with Gasteiger partial charge in [0.05, 0.1) is 12.0 Å². The zero-order chi connectivity index (χ0) is 6.97. The van der Waals surface area contributed by atoms with Gasteiger partial charge in [0, 0.05) is 24.7 Å². The molecule has 0 amide bonds. The highest BCUT2D eigenvalue weighted by molar-refractivity contribution is 5.17. The Labute approximate surface area is 59.9 Å². The fourth-order valence-corrected chi connectivity index (χ4v) is 1.26. The van der Waals surface area contributed by atoms with E-state index < -0.39 is 0 Å². The summed E-state index contributed by atoms with van der Waals surface area (Å²) < 4.78 is 0. The van der Waals surface area contributed by atoms with E-state index in [1.807, 2.05) is 0 Å². The minimum absolute atomic E-state index is 0.659. The minimum atomic E-state index is 0.659. The molecule has 0 bridgehead atoms. The van der Waals surface area contributed by atoms with Gasteiger partial charge in [-0.05, 0) is 6.92 Å². The third-order valence-corrected chi connectivity index (χ3v) is 2.04. The highest BCUT2D eigenvalue weighted by Gasteiger charge is 2.21. The molecule has 1 aromatic rings. The van der Waals surface area contributed by atoms with Gasteiger partial charge in [0.2, 0.25) is 0 Å². The van der Waals surface area contributed by atoms with Gasteiger partial charge in [-0.1, -0.05) is 0 Å². The van der Waals surface area contributed by atoms with Crippen molar-refractivity contribution in [3.8, 4) is 0 Å². The van der Waals surface area contributed by atoms with Gasteiger partial charge in [-0.2, -0.15) is 0 Å². The summed E-state index contributed by atoms with van der Waals surface area (Å²) in [6, 6.07) is 0. The minimum Gasteiger partial charge on any atom is -0.348 e. The van der Waals surface area contributed by atoms with Crippen LogP contribution < -0.4 is 5.32 Å². The first-order valence-corrected chi connectivity index (χ1v) is 3.58. The first-order chi connectivity index (χ1) is 4.88. The molecule has 0 atom stereocenters. The second-order valence-corrected chi connectivity index (χ2v) is 2.77. The summed E-state index contributed by atoms with van der Waals surface area (Å²) in [5.74, 6) is 0.659.